The number of rotatable bonds is 11. The van der Waals surface area contributed by atoms with E-state index in [1.807, 2.05) is 60.9 Å². The Morgan fingerprint density at radius 3 is 2.50 bits per heavy atom. The van der Waals surface area contributed by atoms with E-state index in [0.29, 0.717) is 24.5 Å². The third-order valence-electron chi connectivity index (χ3n) is 4.43. The van der Waals surface area contributed by atoms with E-state index >= 15 is 0 Å². The van der Waals surface area contributed by atoms with Crippen LogP contribution in [0.1, 0.15) is 17.5 Å². The summed E-state index contributed by atoms with van der Waals surface area (Å²) in [4.78, 5) is 14.5. The number of thioether (sulfide) groups is 1. The van der Waals surface area contributed by atoms with Crippen LogP contribution in [0.5, 0.6) is 5.75 Å². The Kier molecular flexibility index (Phi) is 9.42. The van der Waals surface area contributed by atoms with Crippen LogP contribution in [0.3, 0.4) is 0 Å². The molecule has 2 rings (SSSR count). The minimum atomic E-state index is -3.79. The number of likely N-dealkylation sites (N-methyl/N-ethyl adjacent to an activating group) is 1. The molecular formula is C22H28N2O4S2. The average molecular weight is 449 g/mol. The molecule has 0 aliphatic heterocycles. The van der Waals surface area contributed by atoms with Gasteiger partial charge in [0.2, 0.25) is 15.9 Å². The number of methoxy groups -OCH3 is 1. The van der Waals surface area contributed by atoms with Crippen LogP contribution in [0.4, 0.5) is 0 Å². The van der Waals surface area contributed by atoms with Crippen LogP contribution in [0.25, 0.3) is 6.08 Å². The Hall–Kier alpha value is -2.29. The standard InChI is InChI=1S/C22H28N2O4S2/c1-24(17-19-11-7-8-12-21(19)28-2)22(25)20(13-15-29-3)23-30(26,27)16-14-18-9-5-4-6-10-18/h4-12,14,16,20,23H,13,15,17H2,1-3H3/b16-14+. The fourth-order valence-electron chi connectivity index (χ4n) is 2.87. The van der Waals surface area contributed by atoms with E-state index in [9.17, 15) is 13.2 Å². The normalized spacial score (nSPS) is 12.6. The Morgan fingerprint density at radius 2 is 1.83 bits per heavy atom. The van der Waals surface area contributed by atoms with Crippen molar-refractivity contribution in [2.45, 2.75) is 19.0 Å². The molecule has 8 heteroatoms. The highest BCUT2D eigenvalue weighted by molar-refractivity contribution is 7.98. The number of amides is 1. The van der Waals surface area contributed by atoms with Crippen molar-refractivity contribution in [1.29, 1.82) is 0 Å². The zero-order valence-electron chi connectivity index (χ0n) is 17.4. The Balaban J connectivity index is 2.13. The Labute approximate surface area is 183 Å². The number of benzene rings is 2. The highest BCUT2D eigenvalue weighted by Crippen LogP contribution is 2.19. The molecular weight excluding hydrogens is 420 g/mol. The number of carbonyl (C=O) groups is 1. The van der Waals surface area contributed by atoms with Crippen molar-refractivity contribution in [3.63, 3.8) is 0 Å². The van der Waals surface area contributed by atoms with Gasteiger partial charge in [0.1, 0.15) is 11.8 Å². The van der Waals surface area contributed by atoms with Gasteiger partial charge in [0, 0.05) is 24.6 Å². The molecule has 0 aromatic heterocycles. The summed E-state index contributed by atoms with van der Waals surface area (Å²) in [5.41, 5.74) is 1.62. The van der Waals surface area contributed by atoms with Gasteiger partial charge in [-0.25, -0.2) is 8.42 Å². The van der Waals surface area contributed by atoms with Gasteiger partial charge in [-0.3, -0.25) is 4.79 Å². The molecule has 0 bridgehead atoms. The SMILES string of the molecule is COc1ccccc1CN(C)C(=O)C(CCSC)NS(=O)(=O)/C=C/c1ccccc1. The highest BCUT2D eigenvalue weighted by atomic mass is 32.2. The van der Waals surface area contributed by atoms with E-state index in [-0.39, 0.29) is 5.91 Å². The first-order valence-corrected chi connectivity index (χ1v) is 12.4. The molecule has 1 amide bonds. The minimum Gasteiger partial charge on any atom is -0.496 e. The van der Waals surface area contributed by atoms with Crippen LogP contribution in [0, 0.1) is 0 Å². The summed E-state index contributed by atoms with van der Waals surface area (Å²) in [7, 11) is -0.545. The molecule has 0 fully saturated rings. The lowest BCUT2D eigenvalue weighted by atomic mass is 10.1. The lowest BCUT2D eigenvalue weighted by molar-refractivity contribution is -0.132. The largest absolute Gasteiger partial charge is 0.496 e. The molecule has 0 heterocycles. The quantitative estimate of drug-likeness (QED) is 0.570. The van der Waals surface area contributed by atoms with Gasteiger partial charge in [-0.15, -0.1) is 0 Å². The minimum absolute atomic E-state index is 0.286. The zero-order valence-corrected chi connectivity index (χ0v) is 19.1. The van der Waals surface area contributed by atoms with Gasteiger partial charge in [0.15, 0.2) is 0 Å². The highest BCUT2D eigenvalue weighted by Gasteiger charge is 2.26. The second-order valence-corrected chi connectivity index (χ2v) is 9.30. The molecule has 2 aromatic rings. The molecule has 2 aromatic carbocycles. The van der Waals surface area contributed by atoms with E-state index in [1.165, 1.54) is 11.0 Å². The van der Waals surface area contributed by atoms with Crippen LogP contribution in [-0.2, 0) is 21.4 Å². The molecule has 0 aliphatic rings. The topological polar surface area (TPSA) is 75.7 Å². The van der Waals surface area contributed by atoms with Crippen molar-refractivity contribution >= 4 is 33.8 Å². The van der Waals surface area contributed by atoms with E-state index in [4.69, 9.17) is 4.74 Å². The maximum absolute atomic E-state index is 13.0. The summed E-state index contributed by atoms with van der Waals surface area (Å²) in [6, 6.07) is 15.7. The number of sulfonamides is 1. The predicted molar refractivity (Wildman–Crippen MR) is 124 cm³/mol. The van der Waals surface area contributed by atoms with E-state index in [0.717, 1.165) is 16.5 Å². The lowest BCUT2D eigenvalue weighted by Gasteiger charge is -2.24. The first kappa shape index (κ1) is 24.0. The van der Waals surface area contributed by atoms with Crippen molar-refractivity contribution in [2.24, 2.45) is 0 Å². The zero-order chi connectivity index (χ0) is 22.0. The summed E-state index contributed by atoms with van der Waals surface area (Å²) in [6.07, 6.45) is 3.83. The molecule has 0 radical (unpaired) electrons. The van der Waals surface area contributed by atoms with Crippen molar-refractivity contribution in [3.8, 4) is 5.75 Å². The van der Waals surface area contributed by atoms with Crippen molar-refractivity contribution in [2.75, 3.05) is 26.2 Å². The van der Waals surface area contributed by atoms with Crippen LogP contribution in [-0.4, -0.2) is 51.4 Å². The molecule has 1 N–H and O–H groups in total. The lowest BCUT2D eigenvalue weighted by Crippen LogP contribution is -2.46. The first-order chi connectivity index (χ1) is 14.4. The van der Waals surface area contributed by atoms with Gasteiger partial charge in [-0.05, 0) is 36.1 Å². The van der Waals surface area contributed by atoms with Crippen LogP contribution in [0.2, 0.25) is 0 Å². The van der Waals surface area contributed by atoms with Crippen molar-refractivity contribution < 1.29 is 17.9 Å². The maximum Gasteiger partial charge on any atom is 0.240 e. The molecule has 0 saturated carbocycles. The Morgan fingerprint density at radius 1 is 1.17 bits per heavy atom. The number of hydrogen-bond acceptors (Lipinski definition) is 5. The third-order valence-corrected chi connectivity index (χ3v) is 6.18. The van der Waals surface area contributed by atoms with E-state index in [1.54, 1.807) is 25.9 Å². The smallest absolute Gasteiger partial charge is 0.240 e. The fourth-order valence-corrected chi connectivity index (χ4v) is 4.37. The molecule has 30 heavy (non-hydrogen) atoms. The number of hydrogen-bond donors (Lipinski definition) is 1. The van der Waals surface area contributed by atoms with Crippen molar-refractivity contribution in [3.05, 3.63) is 71.1 Å². The van der Waals surface area contributed by atoms with Gasteiger partial charge >= 0.3 is 0 Å². The number of nitrogens with zero attached hydrogens (tertiary/aromatic N) is 1. The van der Waals surface area contributed by atoms with Crippen molar-refractivity contribution in [1.82, 2.24) is 9.62 Å². The summed E-state index contributed by atoms with van der Waals surface area (Å²) >= 11 is 1.56. The van der Waals surface area contributed by atoms with E-state index < -0.39 is 16.1 Å². The summed E-state index contributed by atoms with van der Waals surface area (Å²) in [5, 5.41) is 1.10. The summed E-state index contributed by atoms with van der Waals surface area (Å²) < 4.78 is 33.0. The van der Waals surface area contributed by atoms with Gasteiger partial charge < -0.3 is 9.64 Å². The monoisotopic (exact) mass is 448 g/mol. The average Bonchev–Trinajstić information content (AvgIpc) is 2.75. The van der Waals surface area contributed by atoms with Gasteiger partial charge in [-0.1, -0.05) is 48.5 Å². The Bertz CT molecular complexity index is 947. The summed E-state index contributed by atoms with van der Waals surface area (Å²) in [6.45, 7) is 0.320. The van der Waals surface area contributed by atoms with Crippen LogP contribution in [0.15, 0.2) is 60.0 Å². The predicted octanol–water partition coefficient (Wildman–Crippen LogP) is 3.37. The summed E-state index contributed by atoms with van der Waals surface area (Å²) in [5.74, 6) is 1.06. The number of nitrogens with one attached hydrogen (secondary N) is 1. The van der Waals surface area contributed by atoms with E-state index in [2.05, 4.69) is 4.72 Å². The number of ether oxygens (including phenoxy) is 1. The maximum atomic E-state index is 13.0. The third kappa shape index (κ3) is 7.51. The second kappa shape index (κ2) is 11.8. The molecule has 162 valence electrons. The fraction of sp³-hybridized carbons (Fsp3) is 0.318. The molecule has 1 atom stereocenters. The first-order valence-electron chi connectivity index (χ1n) is 9.47. The number of para-hydroxylation sites is 1. The number of carbonyl (C=O) groups excluding carboxylic acids is 1. The van der Waals surface area contributed by atoms with Crippen LogP contribution < -0.4 is 9.46 Å². The van der Waals surface area contributed by atoms with Gasteiger partial charge in [-0.2, -0.15) is 16.5 Å². The molecule has 0 spiro atoms. The van der Waals surface area contributed by atoms with Gasteiger partial charge in [0.25, 0.3) is 0 Å². The van der Waals surface area contributed by atoms with Gasteiger partial charge in [0.05, 0.1) is 7.11 Å². The molecule has 0 saturated heterocycles. The molecule has 6 nitrogen and oxygen atoms in total. The van der Waals surface area contributed by atoms with Crippen LogP contribution >= 0.6 is 11.8 Å². The molecule has 1 unspecified atom stereocenters. The molecule has 0 aliphatic carbocycles. The second-order valence-electron chi connectivity index (χ2n) is 6.72.